The molecule has 0 aliphatic heterocycles. The summed E-state index contributed by atoms with van der Waals surface area (Å²) in [6.45, 7) is 8.31. The summed E-state index contributed by atoms with van der Waals surface area (Å²) in [4.78, 5) is 21.5. The van der Waals surface area contributed by atoms with Crippen LogP contribution in [0.1, 0.15) is 34.6 Å². The summed E-state index contributed by atoms with van der Waals surface area (Å²) in [5, 5.41) is 0. The van der Waals surface area contributed by atoms with Gasteiger partial charge in [0.2, 0.25) is 6.29 Å². The van der Waals surface area contributed by atoms with Crippen LogP contribution in [0.3, 0.4) is 0 Å². The molecule has 0 aliphatic carbocycles. The zero-order valence-electron chi connectivity index (χ0n) is 11.6. The minimum atomic E-state index is -0.709. The molecule has 0 aliphatic rings. The Kier molecular flexibility index (Phi) is 8.32. The first-order valence-electron chi connectivity index (χ1n) is 5.89. The molecule has 6 heteroatoms. The highest BCUT2D eigenvalue weighted by Crippen LogP contribution is 2.04. The number of esters is 2. The largest absolute Gasteiger partial charge is 0.463 e. The Labute approximate surface area is 108 Å². The molecule has 106 valence electrons. The van der Waals surface area contributed by atoms with E-state index in [1.165, 1.54) is 13.8 Å². The van der Waals surface area contributed by atoms with Gasteiger partial charge in [0, 0.05) is 13.8 Å². The standard InChI is InChI=1S/C12H22O6/c1-8(2)15-6-12(7-16-9(3)13)18-11(5)17-10(4)14/h8,11-12H,6-7H2,1-5H3. The molecule has 0 N–H and O–H groups in total. The normalized spacial score (nSPS) is 14.1. The molecular weight excluding hydrogens is 240 g/mol. The van der Waals surface area contributed by atoms with E-state index in [0.29, 0.717) is 0 Å². The van der Waals surface area contributed by atoms with Crippen molar-refractivity contribution < 1.29 is 28.5 Å². The predicted molar refractivity (Wildman–Crippen MR) is 63.8 cm³/mol. The van der Waals surface area contributed by atoms with Crippen molar-refractivity contribution in [3.05, 3.63) is 0 Å². The summed E-state index contributed by atoms with van der Waals surface area (Å²) in [6, 6.07) is 0. The summed E-state index contributed by atoms with van der Waals surface area (Å²) in [7, 11) is 0. The Morgan fingerprint density at radius 3 is 2.06 bits per heavy atom. The molecule has 0 rings (SSSR count). The van der Waals surface area contributed by atoms with E-state index >= 15 is 0 Å². The maximum Gasteiger partial charge on any atom is 0.304 e. The van der Waals surface area contributed by atoms with Crippen LogP contribution in [-0.2, 0) is 28.5 Å². The van der Waals surface area contributed by atoms with Gasteiger partial charge in [-0.2, -0.15) is 0 Å². The zero-order valence-corrected chi connectivity index (χ0v) is 11.6. The van der Waals surface area contributed by atoms with Gasteiger partial charge in [-0.15, -0.1) is 0 Å². The van der Waals surface area contributed by atoms with Gasteiger partial charge >= 0.3 is 11.9 Å². The van der Waals surface area contributed by atoms with Crippen molar-refractivity contribution in [3.8, 4) is 0 Å². The highest BCUT2D eigenvalue weighted by molar-refractivity contribution is 5.66. The quantitative estimate of drug-likeness (QED) is 0.484. The maximum atomic E-state index is 10.7. The van der Waals surface area contributed by atoms with Crippen LogP contribution in [0, 0.1) is 0 Å². The summed E-state index contributed by atoms with van der Waals surface area (Å²) in [5.74, 6) is -0.827. The SMILES string of the molecule is CC(=O)OCC(COC(C)C)OC(C)OC(C)=O. The van der Waals surface area contributed by atoms with Crippen molar-refractivity contribution in [2.24, 2.45) is 0 Å². The van der Waals surface area contributed by atoms with E-state index in [4.69, 9.17) is 18.9 Å². The van der Waals surface area contributed by atoms with Crippen molar-refractivity contribution >= 4 is 11.9 Å². The van der Waals surface area contributed by atoms with Gasteiger partial charge in [-0.1, -0.05) is 0 Å². The Morgan fingerprint density at radius 2 is 1.61 bits per heavy atom. The zero-order chi connectivity index (χ0) is 14.1. The number of rotatable bonds is 8. The Balaban J connectivity index is 4.17. The van der Waals surface area contributed by atoms with Gasteiger partial charge < -0.3 is 18.9 Å². The van der Waals surface area contributed by atoms with Crippen LogP contribution in [0.15, 0.2) is 0 Å². The van der Waals surface area contributed by atoms with Crippen molar-refractivity contribution in [2.75, 3.05) is 13.2 Å². The smallest absolute Gasteiger partial charge is 0.304 e. The monoisotopic (exact) mass is 262 g/mol. The lowest BCUT2D eigenvalue weighted by Gasteiger charge is -2.22. The summed E-state index contributed by atoms with van der Waals surface area (Å²) in [6.07, 6.45) is -1.14. The van der Waals surface area contributed by atoms with Gasteiger partial charge in [0.15, 0.2) is 0 Å². The first-order chi connectivity index (χ1) is 8.31. The average molecular weight is 262 g/mol. The van der Waals surface area contributed by atoms with Crippen molar-refractivity contribution in [1.82, 2.24) is 0 Å². The predicted octanol–water partition coefficient (Wildman–Crippen LogP) is 1.27. The maximum absolute atomic E-state index is 10.7. The molecule has 2 atom stereocenters. The van der Waals surface area contributed by atoms with Crippen LogP contribution in [0.25, 0.3) is 0 Å². The van der Waals surface area contributed by atoms with Crippen LogP contribution in [-0.4, -0.2) is 43.7 Å². The van der Waals surface area contributed by atoms with E-state index in [1.54, 1.807) is 6.92 Å². The first kappa shape index (κ1) is 16.9. The molecule has 2 unspecified atom stereocenters. The fraction of sp³-hybridized carbons (Fsp3) is 0.833. The molecule has 0 aromatic rings. The van der Waals surface area contributed by atoms with Gasteiger partial charge in [-0.05, 0) is 20.8 Å². The van der Waals surface area contributed by atoms with Crippen molar-refractivity contribution in [3.63, 3.8) is 0 Å². The molecule has 6 nitrogen and oxygen atoms in total. The van der Waals surface area contributed by atoms with E-state index in [-0.39, 0.29) is 19.3 Å². The Hall–Kier alpha value is -1.14. The van der Waals surface area contributed by atoms with Gasteiger partial charge in [-0.25, -0.2) is 0 Å². The van der Waals surface area contributed by atoms with E-state index in [9.17, 15) is 9.59 Å². The van der Waals surface area contributed by atoms with E-state index in [1.807, 2.05) is 13.8 Å². The molecule has 0 radical (unpaired) electrons. The molecule has 0 bridgehead atoms. The second-order valence-corrected chi connectivity index (χ2v) is 4.12. The third-order valence-electron chi connectivity index (χ3n) is 1.80. The van der Waals surface area contributed by atoms with Crippen molar-refractivity contribution in [1.29, 1.82) is 0 Å². The number of hydrogen-bond acceptors (Lipinski definition) is 6. The lowest BCUT2D eigenvalue weighted by Crippen LogP contribution is -2.32. The third kappa shape index (κ3) is 10.0. The van der Waals surface area contributed by atoms with E-state index in [0.717, 1.165) is 0 Å². The molecule has 0 saturated carbocycles. The highest BCUT2D eigenvalue weighted by atomic mass is 16.7. The first-order valence-corrected chi connectivity index (χ1v) is 5.89. The summed E-state index contributed by atoms with van der Waals surface area (Å²) >= 11 is 0. The average Bonchev–Trinajstić information content (AvgIpc) is 2.20. The second-order valence-electron chi connectivity index (χ2n) is 4.12. The van der Waals surface area contributed by atoms with E-state index < -0.39 is 24.3 Å². The third-order valence-corrected chi connectivity index (χ3v) is 1.80. The van der Waals surface area contributed by atoms with Crippen molar-refractivity contribution in [2.45, 2.75) is 53.1 Å². The number of hydrogen-bond donors (Lipinski definition) is 0. The topological polar surface area (TPSA) is 71.1 Å². The molecule has 18 heavy (non-hydrogen) atoms. The lowest BCUT2D eigenvalue weighted by atomic mass is 10.4. The van der Waals surface area contributed by atoms with Crippen LogP contribution >= 0.6 is 0 Å². The van der Waals surface area contributed by atoms with Gasteiger partial charge in [0.05, 0.1) is 12.7 Å². The van der Waals surface area contributed by atoms with Gasteiger partial charge in [-0.3, -0.25) is 9.59 Å². The summed E-state index contributed by atoms with van der Waals surface area (Å²) in [5.41, 5.74) is 0. The molecule has 0 amide bonds. The Morgan fingerprint density at radius 1 is 1.00 bits per heavy atom. The molecule has 0 spiro atoms. The molecular formula is C12H22O6. The van der Waals surface area contributed by atoms with Crippen LogP contribution < -0.4 is 0 Å². The van der Waals surface area contributed by atoms with Gasteiger partial charge in [0.1, 0.15) is 12.7 Å². The highest BCUT2D eigenvalue weighted by Gasteiger charge is 2.17. The fourth-order valence-electron chi connectivity index (χ4n) is 1.17. The fourth-order valence-corrected chi connectivity index (χ4v) is 1.17. The van der Waals surface area contributed by atoms with Gasteiger partial charge in [0.25, 0.3) is 0 Å². The molecule has 0 aromatic heterocycles. The summed E-state index contributed by atoms with van der Waals surface area (Å²) < 4.78 is 20.5. The second kappa shape index (κ2) is 8.88. The lowest BCUT2D eigenvalue weighted by molar-refractivity contribution is -0.197. The Bertz CT molecular complexity index is 263. The van der Waals surface area contributed by atoms with Crippen LogP contribution in [0.4, 0.5) is 0 Å². The minimum absolute atomic E-state index is 0.0393. The molecule has 0 aromatic carbocycles. The number of carbonyl (C=O) groups is 2. The number of ether oxygens (including phenoxy) is 4. The molecule has 0 fully saturated rings. The molecule has 0 saturated heterocycles. The van der Waals surface area contributed by atoms with E-state index in [2.05, 4.69) is 0 Å². The molecule has 0 heterocycles. The minimum Gasteiger partial charge on any atom is -0.463 e. The van der Waals surface area contributed by atoms with Crippen LogP contribution in [0.2, 0.25) is 0 Å². The number of carbonyl (C=O) groups excluding carboxylic acids is 2. The van der Waals surface area contributed by atoms with Crippen LogP contribution in [0.5, 0.6) is 0 Å².